The van der Waals surface area contributed by atoms with E-state index in [4.69, 9.17) is 16.3 Å². The minimum Gasteiger partial charge on any atom is -0.444 e. The molecule has 0 aliphatic carbocycles. The van der Waals surface area contributed by atoms with Gasteiger partial charge in [-0.1, -0.05) is 17.5 Å². The zero-order valence-electron chi connectivity index (χ0n) is 11.3. The van der Waals surface area contributed by atoms with E-state index in [1.54, 1.807) is 18.3 Å². The number of ether oxygens (including phenoxy) is 1. The molecule has 1 heterocycles. The molecule has 0 aliphatic heterocycles. The van der Waals surface area contributed by atoms with E-state index in [-0.39, 0.29) is 0 Å². The van der Waals surface area contributed by atoms with Gasteiger partial charge in [0, 0.05) is 19.2 Å². The number of carbonyl (C=O) groups is 1. The molecule has 1 N–H and O–H groups in total. The van der Waals surface area contributed by atoms with E-state index in [1.807, 2.05) is 20.8 Å². The van der Waals surface area contributed by atoms with Gasteiger partial charge in [-0.3, -0.25) is 0 Å². The number of pyridine rings is 1. The number of aromatic nitrogens is 1. The van der Waals surface area contributed by atoms with Crippen molar-refractivity contribution in [1.82, 2.24) is 10.3 Å². The number of rotatable bonds is 2. The van der Waals surface area contributed by atoms with Crippen molar-refractivity contribution in [3.05, 3.63) is 29.0 Å². The van der Waals surface area contributed by atoms with E-state index < -0.39 is 11.7 Å². The van der Waals surface area contributed by atoms with Crippen LogP contribution < -0.4 is 5.32 Å². The zero-order chi connectivity index (χ0) is 14.3. The normalized spacial score (nSPS) is 10.3. The van der Waals surface area contributed by atoms with Crippen LogP contribution in [-0.2, 0) is 4.74 Å². The van der Waals surface area contributed by atoms with Crippen molar-refractivity contribution in [3.8, 4) is 11.8 Å². The number of hydrogen-bond acceptors (Lipinski definition) is 3. The highest BCUT2D eigenvalue weighted by molar-refractivity contribution is 6.30. The predicted octanol–water partition coefficient (Wildman–Crippen LogP) is 3.00. The summed E-state index contributed by atoms with van der Waals surface area (Å²) in [6.07, 6.45) is 1.65. The lowest BCUT2D eigenvalue weighted by molar-refractivity contribution is 0.0529. The van der Waals surface area contributed by atoms with Crippen LogP contribution in [0.1, 0.15) is 32.9 Å². The molecule has 4 nitrogen and oxygen atoms in total. The molecule has 0 saturated carbocycles. The van der Waals surface area contributed by atoms with E-state index in [1.165, 1.54) is 0 Å². The highest BCUT2D eigenvalue weighted by atomic mass is 35.5. The van der Waals surface area contributed by atoms with Crippen LogP contribution in [0.15, 0.2) is 18.3 Å². The fourth-order valence-corrected chi connectivity index (χ4v) is 1.26. The number of hydrogen-bond donors (Lipinski definition) is 1. The third-order valence-corrected chi connectivity index (χ3v) is 2.09. The average Bonchev–Trinajstić information content (AvgIpc) is 2.29. The van der Waals surface area contributed by atoms with Crippen LogP contribution in [0.2, 0.25) is 5.02 Å². The van der Waals surface area contributed by atoms with E-state index >= 15 is 0 Å². The minimum absolute atomic E-state index is 0.432. The van der Waals surface area contributed by atoms with Gasteiger partial charge in [-0.05, 0) is 38.8 Å². The maximum Gasteiger partial charge on any atom is 0.407 e. The van der Waals surface area contributed by atoms with E-state index in [0.29, 0.717) is 23.7 Å². The smallest absolute Gasteiger partial charge is 0.407 e. The van der Waals surface area contributed by atoms with Gasteiger partial charge in [0.05, 0.1) is 5.02 Å². The molecule has 1 amide bonds. The Kier molecular flexibility index (Phi) is 5.65. The first-order valence-corrected chi connectivity index (χ1v) is 6.32. The standard InChI is InChI=1S/C14H17ClN2O2/c1-14(2,3)19-13(18)16-9-5-4-6-12-8-7-11(15)10-17-12/h7-8,10H,5,9H2,1-3H3,(H,16,18). The van der Waals surface area contributed by atoms with Crippen LogP contribution in [0, 0.1) is 11.8 Å². The van der Waals surface area contributed by atoms with Crippen LogP contribution >= 0.6 is 11.6 Å². The van der Waals surface area contributed by atoms with Gasteiger partial charge >= 0.3 is 6.09 Å². The Morgan fingerprint density at radius 2 is 2.21 bits per heavy atom. The highest BCUT2D eigenvalue weighted by Crippen LogP contribution is 2.06. The second kappa shape index (κ2) is 7.01. The Hall–Kier alpha value is -1.73. The molecular weight excluding hydrogens is 264 g/mol. The SMILES string of the molecule is CC(C)(C)OC(=O)NCCC#Cc1ccc(Cl)cn1. The van der Waals surface area contributed by atoms with Crippen LogP contribution in [0.3, 0.4) is 0 Å². The van der Waals surface area contributed by atoms with Gasteiger partial charge in [-0.15, -0.1) is 0 Å². The molecule has 0 bridgehead atoms. The first kappa shape index (κ1) is 15.3. The van der Waals surface area contributed by atoms with Crippen molar-refractivity contribution < 1.29 is 9.53 Å². The maximum absolute atomic E-state index is 11.3. The summed E-state index contributed by atoms with van der Waals surface area (Å²) in [5, 5.41) is 3.21. The number of nitrogens with one attached hydrogen (secondary N) is 1. The first-order chi connectivity index (χ1) is 8.87. The zero-order valence-corrected chi connectivity index (χ0v) is 12.0. The Bertz CT molecular complexity index is 481. The molecule has 0 aliphatic rings. The van der Waals surface area contributed by atoms with Gasteiger partial charge in [0.25, 0.3) is 0 Å². The molecule has 5 heteroatoms. The summed E-state index contributed by atoms with van der Waals surface area (Å²) < 4.78 is 5.09. The van der Waals surface area contributed by atoms with Crippen molar-refractivity contribution in [3.63, 3.8) is 0 Å². The highest BCUT2D eigenvalue weighted by Gasteiger charge is 2.15. The molecule has 0 radical (unpaired) electrons. The lowest BCUT2D eigenvalue weighted by atomic mass is 10.2. The van der Waals surface area contributed by atoms with Crippen molar-refractivity contribution in [2.75, 3.05) is 6.54 Å². The molecule has 1 aromatic rings. The number of alkyl carbamates (subject to hydrolysis) is 1. The Balaban J connectivity index is 2.28. The largest absolute Gasteiger partial charge is 0.444 e. The van der Waals surface area contributed by atoms with Gasteiger partial charge in [0.15, 0.2) is 0 Å². The molecule has 0 atom stereocenters. The minimum atomic E-state index is -0.483. The van der Waals surface area contributed by atoms with Gasteiger partial charge in [-0.2, -0.15) is 0 Å². The molecule has 0 saturated heterocycles. The fraction of sp³-hybridized carbons (Fsp3) is 0.429. The molecule has 0 fully saturated rings. The predicted molar refractivity (Wildman–Crippen MR) is 75.0 cm³/mol. The molecule has 1 rings (SSSR count). The first-order valence-electron chi connectivity index (χ1n) is 5.94. The fourth-order valence-electron chi connectivity index (χ4n) is 1.14. The third-order valence-electron chi connectivity index (χ3n) is 1.86. The molecular formula is C14H17ClN2O2. The van der Waals surface area contributed by atoms with Crippen LogP contribution in [0.4, 0.5) is 4.79 Å². The second-order valence-electron chi connectivity index (χ2n) is 4.84. The summed E-state index contributed by atoms with van der Waals surface area (Å²) in [4.78, 5) is 15.4. The van der Waals surface area contributed by atoms with Gasteiger partial charge < -0.3 is 10.1 Å². The monoisotopic (exact) mass is 280 g/mol. The summed E-state index contributed by atoms with van der Waals surface area (Å²) in [7, 11) is 0. The number of halogens is 1. The van der Waals surface area contributed by atoms with Crippen molar-refractivity contribution in [2.24, 2.45) is 0 Å². The van der Waals surface area contributed by atoms with Crippen LogP contribution in [-0.4, -0.2) is 23.2 Å². The average molecular weight is 281 g/mol. The number of carbonyl (C=O) groups excluding carboxylic acids is 1. The van der Waals surface area contributed by atoms with E-state index in [0.717, 1.165) is 0 Å². The lowest BCUT2D eigenvalue weighted by Crippen LogP contribution is -2.32. The molecule has 102 valence electrons. The third kappa shape index (κ3) is 7.32. The van der Waals surface area contributed by atoms with Crippen LogP contribution in [0.5, 0.6) is 0 Å². The molecule has 1 aromatic heterocycles. The van der Waals surface area contributed by atoms with E-state index in [2.05, 4.69) is 22.1 Å². The summed E-state index contributed by atoms with van der Waals surface area (Å²) in [6.45, 7) is 5.89. The number of nitrogens with zero attached hydrogens (tertiary/aromatic N) is 1. The summed E-state index contributed by atoms with van der Waals surface area (Å²) in [5.74, 6) is 5.80. The summed E-state index contributed by atoms with van der Waals surface area (Å²) >= 11 is 5.71. The maximum atomic E-state index is 11.3. The van der Waals surface area contributed by atoms with Crippen molar-refractivity contribution >= 4 is 17.7 Å². The Morgan fingerprint density at radius 3 is 2.79 bits per heavy atom. The van der Waals surface area contributed by atoms with Gasteiger partial charge in [-0.25, -0.2) is 9.78 Å². The topological polar surface area (TPSA) is 51.2 Å². The Labute approximate surface area is 118 Å². The lowest BCUT2D eigenvalue weighted by Gasteiger charge is -2.19. The molecule has 19 heavy (non-hydrogen) atoms. The second-order valence-corrected chi connectivity index (χ2v) is 5.28. The number of amides is 1. The Morgan fingerprint density at radius 1 is 1.47 bits per heavy atom. The summed E-state index contributed by atoms with van der Waals surface area (Å²) in [5.41, 5.74) is 0.171. The van der Waals surface area contributed by atoms with Crippen molar-refractivity contribution in [1.29, 1.82) is 0 Å². The van der Waals surface area contributed by atoms with Gasteiger partial charge in [0.1, 0.15) is 11.3 Å². The summed E-state index contributed by atoms with van der Waals surface area (Å²) in [6, 6.07) is 3.48. The van der Waals surface area contributed by atoms with Crippen molar-refractivity contribution in [2.45, 2.75) is 32.8 Å². The molecule has 0 unspecified atom stereocenters. The van der Waals surface area contributed by atoms with E-state index in [9.17, 15) is 4.79 Å². The van der Waals surface area contributed by atoms with Crippen LogP contribution in [0.25, 0.3) is 0 Å². The van der Waals surface area contributed by atoms with Gasteiger partial charge in [0.2, 0.25) is 0 Å². The quantitative estimate of drug-likeness (QED) is 0.669. The molecule has 0 aromatic carbocycles. The molecule has 0 spiro atoms.